The van der Waals surface area contributed by atoms with E-state index in [4.69, 9.17) is 0 Å². The molecule has 0 saturated carbocycles. The van der Waals surface area contributed by atoms with Crippen LogP contribution in [-0.2, 0) is 11.2 Å². The van der Waals surface area contributed by atoms with Crippen molar-refractivity contribution in [3.8, 4) is 0 Å². The van der Waals surface area contributed by atoms with Crippen molar-refractivity contribution in [1.82, 2.24) is 20.1 Å². The Morgan fingerprint density at radius 1 is 1.17 bits per heavy atom. The standard InChI is InChI=1S/C19H28N4O/c1-2-22-11-13-23(14-12-22)19(24)8-10-20-9-7-16-15-21-18-6-4-3-5-17(16)18/h3-6,15,20-21H,2,7-14H2,1H3. The highest BCUT2D eigenvalue weighted by Crippen LogP contribution is 2.17. The van der Waals surface area contributed by atoms with Gasteiger partial charge in [0.15, 0.2) is 0 Å². The number of likely N-dealkylation sites (N-methyl/N-ethyl adjacent to an activating group) is 1. The van der Waals surface area contributed by atoms with Crippen LogP contribution in [0.1, 0.15) is 18.9 Å². The Morgan fingerprint density at radius 3 is 2.75 bits per heavy atom. The van der Waals surface area contributed by atoms with E-state index in [1.54, 1.807) is 0 Å². The van der Waals surface area contributed by atoms with Gasteiger partial charge in [0.1, 0.15) is 0 Å². The van der Waals surface area contributed by atoms with Crippen molar-refractivity contribution >= 4 is 16.8 Å². The van der Waals surface area contributed by atoms with Crippen LogP contribution >= 0.6 is 0 Å². The largest absolute Gasteiger partial charge is 0.361 e. The van der Waals surface area contributed by atoms with E-state index in [1.807, 2.05) is 11.0 Å². The van der Waals surface area contributed by atoms with Crippen LogP contribution in [0, 0.1) is 0 Å². The minimum atomic E-state index is 0.283. The molecule has 1 amide bonds. The molecule has 130 valence electrons. The molecule has 0 unspecified atom stereocenters. The summed E-state index contributed by atoms with van der Waals surface area (Å²) >= 11 is 0. The Balaban J connectivity index is 1.34. The minimum absolute atomic E-state index is 0.283. The van der Waals surface area contributed by atoms with Gasteiger partial charge in [-0.05, 0) is 31.1 Å². The summed E-state index contributed by atoms with van der Waals surface area (Å²) in [4.78, 5) is 19.9. The first kappa shape index (κ1) is 17.0. The molecule has 0 aliphatic carbocycles. The first-order chi connectivity index (χ1) is 11.8. The Bertz CT molecular complexity index is 658. The van der Waals surface area contributed by atoms with Crippen LogP contribution in [0.15, 0.2) is 30.5 Å². The van der Waals surface area contributed by atoms with Gasteiger partial charge in [-0.2, -0.15) is 0 Å². The maximum Gasteiger partial charge on any atom is 0.223 e. The van der Waals surface area contributed by atoms with Gasteiger partial charge in [-0.25, -0.2) is 0 Å². The lowest BCUT2D eigenvalue weighted by atomic mass is 10.1. The molecule has 3 rings (SSSR count). The lowest BCUT2D eigenvalue weighted by Crippen LogP contribution is -2.48. The van der Waals surface area contributed by atoms with Crippen LogP contribution in [0.3, 0.4) is 0 Å². The number of aromatic amines is 1. The Morgan fingerprint density at radius 2 is 1.96 bits per heavy atom. The number of H-pyrrole nitrogens is 1. The maximum atomic E-state index is 12.2. The molecule has 2 aromatic rings. The molecule has 5 nitrogen and oxygen atoms in total. The quantitative estimate of drug-likeness (QED) is 0.763. The fraction of sp³-hybridized carbons (Fsp3) is 0.526. The summed E-state index contributed by atoms with van der Waals surface area (Å²) in [5.74, 6) is 0.283. The maximum absolute atomic E-state index is 12.2. The molecular formula is C19H28N4O. The van der Waals surface area contributed by atoms with Crippen molar-refractivity contribution < 1.29 is 4.79 Å². The van der Waals surface area contributed by atoms with E-state index in [0.29, 0.717) is 6.42 Å². The highest BCUT2D eigenvalue weighted by Gasteiger charge is 2.19. The zero-order valence-corrected chi connectivity index (χ0v) is 14.6. The van der Waals surface area contributed by atoms with Crippen molar-refractivity contribution in [3.05, 3.63) is 36.0 Å². The van der Waals surface area contributed by atoms with Gasteiger partial charge in [0, 0.05) is 56.2 Å². The summed E-state index contributed by atoms with van der Waals surface area (Å²) in [6, 6.07) is 8.38. The number of rotatable bonds is 7. The summed E-state index contributed by atoms with van der Waals surface area (Å²) in [6.45, 7) is 8.69. The van der Waals surface area contributed by atoms with Crippen LogP contribution in [-0.4, -0.2) is 66.5 Å². The molecule has 1 aliphatic rings. The van der Waals surface area contributed by atoms with E-state index in [1.165, 1.54) is 16.5 Å². The number of fused-ring (bicyclic) bond motifs is 1. The predicted octanol–water partition coefficient (Wildman–Crippen LogP) is 1.85. The minimum Gasteiger partial charge on any atom is -0.361 e. The zero-order valence-electron chi connectivity index (χ0n) is 14.6. The number of benzene rings is 1. The molecule has 0 spiro atoms. The van der Waals surface area contributed by atoms with Crippen LogP contribution < -0.4 is 5.32 Å². The average Bonchev–Trinajstić information content (AvgIpc) is 3.04. The number of para-hydroxylation sites is 1. The lowest BCUT2D eigenvalue weighted by molar-refractivity contribution is -0.132. The topological polar surface area (TPSA) is 51.4 Å². The van der Waals surface area contributed by atoms with E-state index >= 15 is 0 Å². The molecule has 2 heterocycles. The van der Waals surface area contributed by atoms with Gasteiger partial charge in [0.2, 0.25) is 5.91 Å². The molecule has 24 heavy (non-hydrogen) atoms. The third-order valence-electron chi connectivity index (χ3n) is 4.93. The molecular weight excluding hydrogens is 300 g/mol. The zero-order chi connectivity index (χ0) is 16.8. The van der Waals surface area contributed by atoms with E-state index < -0.39 is 0 Å². The van der Waals surface area contributed by atoms with E-state index in [-0.39, 0.29) is 5.91 Å². The molecule has 0 atom stereocenters. The predicted molar refractivity (Wildman–Crippen MR) is 98.2 cm³/mol. The fourth-order valence-corrected chi connectivity index (χ4v) is 3.35. The lowest BCUT2D eigenvalue weighted by Gasteiger charge is -2.34. The van der Waals surface area contributed by atoms with Gasteiger partial charge in [0.05, 0.1) is 0 Å². The molecule has 2 N–H and O–H groups in total. The van der Waals surface area contributed by atoms with Crippen molar-refractivity contribution in [2.24, 2.45) is 0 Å². The second kappa shape index (κ2) is 8.31. The summed E-state index contributed by atoms with van der Waals surface area (Å²) in [5.41, 5.74) is 2.52. The third-order valence-corrected chi connectivity index (χ3v) is 4.93. The first-order valence-electron chi connectivity index (χ1n) is 9.03. The van der Waals surface area contributed by atoms with Crippen LogP contribution in [0.4, 0.5) is 0 Å². The number of amides is 1. The van der Waals surface area contributed by atoms with Crippen LogP contribution in [0.5, 0.6) is 0 Å². The Kier molecular flexibility index (Phi) is 5.88. The molecule has 0 radical (unpaired) electrons. The number of nitrogens with one attached hydrogen (secondary N) is 2. The van der Waals surface area contributed by atoms with Crippen molar-refractivity contribution in [2.45, 2.75) is 19.8 Å². The van der Waals surface area contributed by atoms with E-state index in [0.717, 1.165) is 52.2 Å². The molecule has 1 fully saturated rings. The molecule has 5 heteroatoms. The van der Waals surface area contributed by atoms with Gasteiger partial charge >= 0.3 is 0 Å². The van der Waals surface area contributed by atoms with Gasteiger partial charge in [-0.15, -0.1) is 0 Å². The Hall–Kier alpha value is -1.85. The molecule has 0 bridgehead atoms. The summed E-state index contributed by atoms with van der Waals surface area (Å²) < 4.78 is 0. The smallest absolute Gasteiger partial charge is 0.223 e. The summed E-state index contributed by atoms with van der Waals surface area (Å²) in [5, 5.41) is 4.70. The average molecular weight is 328 g/mol. The number of hydrogen-bond donors (Lipinski definition) is 2. The van der Waals surface area contributed by atoms with Crippen molar-refractivity contribution in [1.29, 1.82) is 0 Å². The highest BCUT2D eigenvalue weighted by molar-refractivity contribution is 5.83. The fourth-order valence-electron chi connectivity index (χ4n) is 3.35. The monoisotopic (exact) mass is 328 g/mol. The number of aromatic nitrogens is 1. The van der Waals surface area contributed by atoms with Crippen molar-refractivity contribution in [3.63, 3.8) is 0 Å². The highest BCUT2D eigenvalue weighted by atomic mass is 16.2. The first-order valence-corrected chi connectivity index (χ1v) is 9.03. The SMILES string of the molecule is CCN1CCN(C(=O)CCNCCc2c[nH]c3ccccc23)CC1. The van der Waals surface area contributed by atoms with E-state index in [9.17, 15) is 4.79 Å². The van der Waals surface area contributed by atoms with Crippen molar-refractivity contribution in [2.75, 3.05) is 45.8 Å². The van der Waals surface area contributed by atoms with Gasteiger partial charge in [0.25, 0.3) is 0 Å². The molecule has 1 saturated heterocycles. The van der Waals surface area contributed by atoms with E-state index in [2.05, 4.69) is 46.5 Å². The van der Waals surface area contributed by atoms with Crippen LogP contribution in [0.2, 0.25) is 0 Å². The number of carbonyl (C=O) groups excluding carboxylic acids is 1. The molecule has 1 aliphatic heterocycles. The normalized spacial score (nSPS) is 16.0. The summed E-state index contributed by atoms with van der Waals surface area (Å²) in [6.07, 6.45) is 3.66. The third kappa shape index (κ3) is 4.16. The summed E-state index contributed by atoms with van der Waals surface area (Å²) in [7, 11) is 0. The number of piperazine rings is 1. The molecule has 1 aromatic heterocycles. The second-order valence-corrected chi connectivity index (χ2v) is 6.42. The second-order valence-electron chi connectivity index (χ2n) is 6.42. The number of nitrogens with zero attached hydrogens (tertiary/aromatic N) is 2. The molecule has 1 aromatic carbocycles. The van der Waals surface area contributed by atoms with Gasteiger partial charge in [-0.3, -0.25) is 4.79 Å². The van der Waals surface area contributed by atoms with Gasteiger partial charge in [-0.1, -0.05) is 25.1 Å². The Labute approximate surface area is 144 Å². The van der Waals surface area contributed by atoms with Crippen LogP contribution in [0.25, 0.3) is 10.9 Å². The van der Waals surface area contributed by atoms with Gasteiger partial charge < -0.3 is 20.1 Å². The number of carbonyl (C=O) groups is 1. The number of hydrogen-bond acceptors (Lipinski definition) is 3.